The number of hydrogen-bond donors (Lipinski definition) is 2. The van der Waals surface area contributed by atoms with Crippen molar-refractivity contribution in [3.8, 4) is 0 Å². The molecule has 3 rings (SSSR count). The van der Waals surface area contributed by atoms with Gasteiger partial charge in [-0.1, -0.05) is 29.8 Å². The predicted octanol–water partition coefficient (Wildman–Crippen LogP) is 3.96. The second kappa shape index (κ2) is 8.79. The molecule has 0 saturated carbocycles. The van der Waals surface area contributed by atoms with Gasteiger partial charge < -0.3 is 15.5 Å². The lowest BCUT2D eigenvalue weighted by atomic mass is 10.1. The fraction of sp³-hybridized carbons (Fsp3) is 0.318. The normalized spacial score (nSPS) is 16.4. The van der Waals surface area contributed by atoms with E-state index in [1.54, 1.807) is 4.90 Å². The molecule has 2 aromatic rings. The predicted molar refractivity (Wildman–Crippen MR) is 109 cm³/mol. The van der Waals surface area contributed by atoms with Crippen LogP contribution in [0.1, 0.15) is 30.0 Å². The number of nitrogens with zero attached hydrogens (tertiary/aromatic N) is 1. The number of aryl methyl sites for hydroxylation is 1. The summed E-state index contributed by atoms with van der Waals surface area (Å²) in [5, 5.41) is 4.85. The highest BCUT2D eigenvalue weighted by atomic mass is 19.4. The van der Waals surface area contributed by atoms with E-state index < -0.39 is 29.5 Å². The van der Waals surface area contributed by atoms with Gasteiger partial charge in [0.1, 0.15) is 0 Å². The van der Waals surface area contributed by atoms with Crippen LogP contribution in [0.3, 0.4) is 0 Å². The van der Waals surface area contributed by atoms with Crippen molar-refractivity contribution in [3.05, 3.63) is 59.2 Å². The maximum atomic E-state index is 13.1. The Morgan fingerprint density at radius 1 is 1.06 bits per heavy atom. The minimum absolute atomic E-state index is 0.0356. The number of amides is 3. The first-order valence-electron chi connectivity index (χ1n) is 9.66. The molecule has 0 spiro atoms. The lowest BCUT2D eigenvalue weighted by Crippen LogP contribution is -2.28. The maximum Gasteiger partial charge on any atom is 0.416 e. The van der Waals surface area contributed by atoms with Crippen LogP contribution in [0.5, 0.6) is 0 Å². The molecule has 1 fully saturated rings. The average molecular weight is 433 g/mol. The van der Waals surface area contributed by atoms with Crippen LogP contribution in [-0.4, -0.2) is 29.2 Å². The maximum absolute atomic E-state index is 13.1. The highest BCUT2D eigenvalue weighted by molar-refractivity contribution is 6.01. The van der Waals surface area contributed by atoms with E-state index in [4.69, 9.17) is 0 Å². The molecule has 9 heteroatoms. The number of carbonyl (C=O) groups excluding carboxylic acids is 3. The molecule has 0 radical (unpaired) electrons. The van der Waals surface area contributed by atoms with Crippen molar-refractivity contribution in [2.75, 3.05) is 17.2 Å². The highest BCUT2D eigenvalue weighted by Crippen LogP contribution is 2.34. The van der Waals surface area contributed by atoms with Gasteiger partial charge in [0.2, 0.25) is 17.7 Å². The van der Waals surface area contributed by atoms with E-state index in [0.29, 0.717) is 6.54 Å². The molecule has 1 aliphatic rings. The Hall–Kier alpha value is -3.36. The number of likely N-dealkylation sites (tertiary alicyclic amines) is 1. The first-order valence-corrected chi connectivity index (χ1v) is 9.66. The number of carbonyl (C=O) groups is 3. The molecule has 1 atom stereocenters. The van der Waals surface area contributed by atoms with Crippen molar-refractivity contribution in [1.82, 2.24) is 4.90 Å². The van der Waals surface area contributed by atoms with Gasteiger partial charge in [0.05, 0.1) is 22.9 Å². The Balaban J connectivity index is 1.74. The van der Waals surface area contributed by atoms with Crippen LogP contribution in [0, 0.1) is 12.8 Å². The summed E-state index contributed by atoms with van der Waals surface area (Å²) in [6, 6.07) is 10.3. The Bertz CT molecular complexity index is 1000. The van der Waals surface area contributed by atoms with Crippen molar-refractivity contribution in [2.24, 2.45) is 5.92 Å². The molecular formula is C22H22F3N3O3. The van der Waals surface area contributed by atoms with Crippen molar-refractivity contribution >= 4 is 29.1 Å². The molecule has 164 valence electrons. The number of alkyl halides is 3. The minimum atomic E-state index is -4.61. The summed E-state index contributed by atoms with van der Waals surface area (Å²) >= 11 is 0. The van der Waals surface area contributed by atoms with Crippen molar-refractivity contribution in [3.63, 3.8) is 0 Å². The molecule has 31 heavy (non-hydrogen) atoms. The zero-order chi connectivity index (χ0) is 22.8. The Morgan fingerprint density at radius 2 is 1.74 bits per heavy atom. The number of hydrogen-bond acceptors (Lipinski definition) is 3. The summed E-state index contributed by atoms with van der Waals surface area (Å²) in [6.07, 6.45) is -4.64. The van der Waals surface area contributed by atoms with Crippen molar-refractivity contribution < 1.29 is 27.6 Å². The zero-order valence-corrected chi connectivity index (χ0v) is 17.0. The minimum Gasteiger partial charge on any atom is -0.338 e. The Morgan fingerprint density at radius 3 is 2.35 bits per heavy atom. The third-order valence-corrected chi connectivity index (χ3v) is 4.99. The molecule has 1 saturated heterocycles. The number of rotatable bonds is 5. The first-order chi connectivity index (χ1) is 14.5. The van der Waals surface area contributed by atoms with E-state index in [1.165, 1.54) is 6.92 Å². The van der Waals surface area contributed by atoms with Crippen LogP contribution in [0.2, 0.25) is 0 Å². The molecule has 0 aromatic heterocycles. The lowest BCUT2D eigenvalue weighted by Gasteiger charge is -2.18. The van der Waals surface area contributed by atoms with E-state index in [1.807, 2.05) is 31.2 Å². The fourth-order valence-corrected chi connectivity index (χ4v) is 3.37. The van der Waals surface area contributed by atoms with Gasteiger partial charge in [0.25, 0.3) is 0 Å². The summed E-state index contributed by atoms with van der Waals surface area (Å²) in [7, 11) is 0. The van der Waals surface area contributed by atoms with Gasteiger partial charge in [0.15, 0.2) is 0 Å². The number of halogens is 3. The van der Waals surface area contributed by atoms with E-state index in [0.717, 1.165) is 29.3 Å². The van der Waals surface area contributed by atoms with Crippen molar-refractivity contribution in [1.29, 1.82) is 0 Å². The largest absolute Gasteiger partial charge is 0.416 e. The summed E-state index contributed by atoms with van der Waals surface area (Å²) < 4.78 is 39.3. The number of anilines is 2. The van der Waals surface area contributed by atoms with Crippen LogP contribution < -0.4 is 10.6 Å². The van der Waals surface area contributed by atoms with Gasteiger partial charge in [0, 0.05) is 26.4 Å². The molecule has 0 bridgehead atoms. The van der Waals surface area contributed by atoms with Crippen LogP contribution in [-0.2, 0) is 27.1 Å². The van der Waals surface area contributed by atoms with Crippen LogP contribution in [0.15, 0.2) is 42.5 Å². The monoisotopic (exact) mass is 433 g/mol. The second-order valence-electron chi connectivity index (χ2n) is 7.59. The summed E-state index contributed by atoms with van der Waals surface area (Å²) in [4.78, 5) is 38.0. The molecule has 1 heterocycles. The molecule has 1 aliphatic heterocycles. The quantitative estimate of drug-likeness (QED) is 0.749. The summed E-state index contributed by atoms with van der Waals surface area (Å²) in [5.74, 6) is -1.98. The Labute approximate surface area is 177 Å². The fourth-order valence-electron chi connectivity index (χ4n) is 3.37. The van der Waals surface area contributed by atoms with Crippen LogP contribution in [0.25, 0.3) is 0 Å². The lowest BCUT2D eigenvalue weighted by molar-refractivity contribution is -0.137. The summed E-state index contributed by atoms with van der Waals surface area (Å²) in [6.45, 7) is 3.67. The molecule has 2 N–H and O–H groups in total. The molecule has 2 aromatic carbocycles. The Kier molecular flexibility index (Phi) is 6.33. The third kappa shape index (κ3) is 5.62. The van der Waals surface area contributed by atoms with Crippen LogP contribution in [0.4, 0.5) is 24.5 Å². The van der Waals surface area contributed by atoms with E-state index in [-0.39, 0.29) is 30.2 Å². The molecular weight excluding hydrogens is 411 g/mol. The van der Waals surface area contributed by atoms with Crippen LogP contribution >= 0.6 is 0 Å². The topological polar surface area (TPSA) is 78.5 Å². The van der Waals surface area contributed by atoms with Crippen molar-refractivity contribution in [2.45, 2.75) is 33.0 Å². The molecule has 1 unspecified atom stereocenters. The van der Waals surface area contributed by atoms with Gasteiger partial charge in [-0.05, 0) is 30.7 Å². The second-order valence-corrected chi connectivity index (χ2v) is 7.59. The number of nitrogens with one attached hydrogen (secondary N) is 2. The van der Waals surface area contributed by atoms with Gasteiger partial charge in [-0.2, -0.15) is 13.2 Å². The van der Waals surface area contributed by atoms with E-state index >= 15 is 0 Å². The van der Waals surface area contributed by atoms with E-state index in [9.17, 15) is 27.6 Å². The van der Waals surface area contributed by atoms with E-state index in [2.05, 4.69) is 10.6 Å². The first kappa shape index (κ1) is 22.3. The van der Waals surface area contributed by atoms with Gasteiger partial charge >= 0.3 is 6.18 Å². The SMILES string of the molecule is CC(=O)Nc1ccc(C(F)(F)F)cc1NC(=O)C1CC(=O)N(Cc2ccc(C)cc2)C1. The van der Waals surface area contributed by atoms with Gasteiger partial charge in [-0.3, -0.25) is 14.4 Å². The van der Waals surface area contributed by atoms with Gasteiger partial charge in [-0.25, -0.2) is 0 Å². The smallest absolute Gasteiger partial charge is 0.338 e. The molecule has 0 aliphatic carbocycles. The molecule has 3 amide bonds. The number of benzene rings is 2. The average Bonchev–Trinajstić information content (AvgIpc) is 3.04. The van der Waals surface area contributed by atoms with Gasteiger partial charge in [-0.15, -0.1) is 0 Å². The third-order valence-electron chi connectivity index (χ3n) is 4.99. The molecule has 6 nitrogen and oxygen atoms in total. The summed E-state index contributed by atoms with van der Waals surface area (Å²) in [5.41, 5.74) is 0.935. The zero-order valence-electron chi connectivity index (χ0n) is 17.0. The highest BCUT2D eigenvalue weighted by Gasteiger charge is 2.35. The standard InChI is InChI=1S/C22H22F3N3O3/c1-13-3-5-15(6-4-13)11-28-12-16(9-20(28)30)21(31)27-19-10-17(22(23,24)25)7-8-18(19)26-14(2)29/h3-8,10,16H,9,11-12H2,1-2H3,(H,26,29)(H,27,31).